The third-order valence-corrected chi connectivity index (χ3v) is 3.52. The lowest BCUT2D eigenvalue weighted by atomic mass is 9.96. The van der Waals surface area contributed by atoms with Crippen LogP contribution in [0.4, 0.5) is 5.82 Å². The van der Waals surface area contributed by atoms with Crippen LogP contribution in [0.3, 0.4) is 0 Å². The summed E-state index contributed by atoms with van der Waals surface area (Å²) < 4.78 is 0. The lowest BCUT2D eigenvalue weighted by Crippen LogP contribution is -2.39. The van der Waals surface area contributed by atoms with Gasteiger partial charge in [0.1, 0.15) is 6.04 Å². The van der Waals surface area contributed by atoms with Gasteiger partial charge in [-0.25, -0.2) is 15.3 Å². The molecule has 0 unspecified atom stereocenters. The maximum Gasteiger partial charge on any atom is 0.342 e. The minimum Gasteiger partial charge on any atom is -0.352 e. The minimum absolute atomic E-state index is 0.118. The normalized spacial score (nSPS) is 18.7. The largest absolute Gasteiger partial charge is 0.352 e. The molecule has 2 atom stereocenters. The average molecular weight is 320 g/mol. The molecule has 124 valence electrons. The smallest absolute Gasteiger partial charge is 0.342 e. The van der Waals surface area contributed by atoms with Crippen LogP contribution in [-0.4, -0.2) is 33.3 Å². The Bertz CT molecular complexity index is 705. The van der Waals surface area contributed by atoms with Crippen molar-refractivity contribution in [2.75, 3.05) is 5.32 Å². The van der Waals surface area contributed by atoms with E-state index in [0.29, 0.717) is 12.3 Å². The van der Waals surface area contributed by atoms with Crippen LogP contribution in [0.25, 0.3) is 0 Å². The van der Waals surface area contributed by atoms with Gasteiger partial charge in [0.15, 0.2) is 0 Å². The first-order valence-electron chi connectivity index (χ1n) is 7.53. The molecule has 0 saturated heterocycles. The number of nitrogens with zero attached hydrogens (tertiary/aromatic N) is 2. The van der Waals surface area contributed by atoms with E-state index in [2.05, 4.69) is 38.2 Å². The molecule has 4 N–H and O–H groups in total. The molecule has 1 heterocycles. The van der Waals surface area contributed by atoms with E-state index in [-0.39, 0.29) is 11.7 Å². The fourth-order valence-electron chi connectivity index (χ4n) is 2.20. The Hall–Kier alpha value is -2.71. The number of hydrazone groups is 1. The zero-order valence-electron chi connectivity index (χ0n) is 12.8. The van der Waals surface area contributed by atoms with Gasteiger partial charge in [0.25, 0.3) is 11.5 Å². The molecule has 2 rings (SSSR count). The van der Waals surface area contributed by atoms with Gasteiger partial charge in [-0.1, -0.05) is 19.1 Å². The predicted molar refractivity (Wildman–Crippen MR) is 86.3 cm³/mol. The molecular weight excluding hydrogens is 300 g/mol. The Labute approximate surface area is 132 Å². The van der Waals surface area contributed by atoms with Crippen molar-refractivity contribution in [3.8, 4) is 0 Å². The molecule has 1 amide bonds. The molecule has 0 aromatic carbocycles. The number of carbonyl (C=O) groups excluding carboxylic acids is 1. The molecule has 0 radical (unpaired) electrons. The number of amides is 1. The van der Waals surface area contributed by atoms with E-state index in [9.17, 15) is 14.4 Å². The molecule has 1 aliphatic carbocycles. The van der Waals surface area contributed by atoms with Crippen molar-refractivity contribution in [2.24, 2.45) is 11.0 Å². The molecule has 23 heavy (non-hydrogen) atoms. The minimum atomic E-state index is -0.704. The monoisotopic (exact) mass is 320 g/mol. The topological polar surface area (TPSA) is 132 Å². The van der Waals surface area contributed by atoms with Gasteiger partial charge in [0.05, 0.1) is 0 Å². The molecule has 1 aromatic heterocycles. The first kappa shape index (κ1) is 16.7. The van der Waals surface area contributed by atoms with E-state index >= 15 is 0 Å². The summed E-state index contributed by atoms with van der Waals surface area (Å²) in [5, 5.41) is 12.4. The highest BCUT2D eigenvalue weighted by Gasteiger charge is 2.18. The predicted octanol–water partition coefficient (Wildman–Crippen LogP) is 0.107. The Morgan fingerprint density at radius 1 is 1.52 bits per heavy atom. The van der Waals surface area contributed by atoms with Gasteiger partial charge in [0.2, 0.25) is 5.82 Å². The van der Waals surface area contributed by atoms with Crippen LogP contribution >= 0.6 is 0 Å². The van der Waals surface area contributed by atoms with Crippen molar-refractivity contribution < 1.29 is 4.79 Å². The third kappa shape index (κ3) is 4.90. The second kappa shape index (κ2) is 8.06. The zero-order chi connectivity index (χ0) is 16.7. The summed E-state index contributed by atoms with van der Waals surface area (Å²) in [5.41, 5.74) is 1.08. The van der Waals surface area contributed by atoms with Crippen LogP contribution < -0.4 is 22.0 Å². The van der Waals surface area contributed by atoms with E-state index in [4.69, 9.17) is 0 Å². The van der Waals surface area contributed by atoms with Gasteiger partial charge in [-0.15, -0.1) is 5.10 Å². The zero-order valence-corrected chi connectivity index (χ0v) is 12.8. The first-order chi connectivity index (χ1) is 11.1. The summed E-state index contributed by atoms with van der Waals surface area (Å²) in [6.45, 7) is 1.78. The maximum absolute atomic E-state index is 12.1. The number of aromatic nitrogens is 3. The van der Waals surface area contributed by atoms with Crippen LogP contribution in [0.5, 0.6) is 0 Å². The number of hydrogen-bond acceptors (Lipinski definition) is 6. The van der Waals surface area contributed by atoms with E-state index in [1.54, 1.807) is 13.1 Å². The fourth-order valence-corrected chi connectivity index (χ4v) is 2.20. The summed E-state index contributed by atoms with van der Waals surface area (Å²) in [5.74, 6) is -0.160. The van der Waals surface area contributed by atoms with Crippen molar-refractivity contribution >= 4 is 17.9 Å². The number of allylic oxidation sites excluding steroid dienone is 2. The number of aromatic amines is 2. The molecule has 1 aliphatic rings. The van der Waals surface area contributed by atoms with Crippen molar-refractivity contribution in [3.05, 3.63) is 33.0 Å². The van der Waals surface area contributed by atoms with Crippen molar-refractivity contribution in [3.63, 3.8) is 0 Å². The Balaban J connectivity index is 1.92. The number of rotatable bonds is 6. The quantitative estimate of drug-likeness (QED) is 0.335. The molecule has 0 fully saturated rings. The second-order valence-corrected chi connectivity index (χ2v) is 5.26. The summed E-state index contributed by atoms with van der Waals surface area (Å²) in [6, 6.07) is -0.682. The van der Waals surface area contributed by atoms with Gasteiger partial charge in [-0.05, 0) is 31.6 Å². The van der Waals surface area contributed by atoms with Crippen LogP contribution in [0, 0.1) is 5.92 Å². The highest BCUT2D eigenvalue weighted by atomic mass is 16.2. The SMILES string of the molecule is CC[C@H](Nc1n[nH]c(=O)[nH]c1=O)C(=O)N/N=C/[C@@H]1CC=CCC1. The number of hydrogen-bond donors (Lipinski definition) is 4. The molecule has 0 spiro atoms. The lowest BCUT2D eigenvalue weighted by molar-refractivity contribution is -0.121. The van der Waals surface area contributed by atoms with Crippen molar-refractivity contribution in [1.82, 2.24) is 20.6 Å². The average Bonchev–Trinajstić information content (AvgIpc) is 2.55. The maximum atomic E-state index is 12.1. The summed E-state index contributed by atoms with van der Waals surface area (Å²) in [6.07, 6.45) is 9.35. The molecule has 1 aromatic rings. The third-order valence-electron chi connectivity index (χ3n) is 3.52. The van der Waals surface area contributed by atoms with Crippen molar-refractivity contribution in [2.45, 2.75) is 38.6 Å². The molecule has 9 heteroatoms. The van der Waals surface area contributed by atoms with E-state index in [1.165, 1.54) is 0 Å². The Morgan fingerprint density at radius 2 is 2.35 bits per heavy atom. The van der Waals surface area contributed by atoms with Gasteiger partial charge in [0, 0.05) is 6.21 Å². The number of carbonyl (C=O) groups is 1. The van der Waals surface area contributed by atoms with E-state index in [1.807, 2.05) is 4.98 Å². The molecule has 0 aliphatic heterocycles. The van der Waals surface area contributed by atoms with Crippen LogP contribution in [0.1, 0.15) is 32.6 Å². The number of H-pyrrole nitrogens is 2. The van der Waals surface area contributed by atoms with Gasteiger partial charge in [-0.2, -0.15) is 5.10 Å². The summed E-state index contributed by atoms with van der Waals surface area (Å²) in [7, 11) is 0. The fraction of sp³-hybridized carbons (Fsp3) is 0.500. The Morgan fingerprint density at radius 3 is 3.00 bits per heavy atom. The molecule has 0 bridgehead atoms. The van der Waals surface area contributed by atoms with Crippen LogP contribution in [0.15, 0.2) is 26.8 Å². The van der Waals surface area contributed by atoms with Gasteiger partial charge >= 0.3 is 5.69 Å². The lowest BCUT2D eigenvalue weighted by Gasteiger charge is -2.15. The first-order valence-corrected chi connectivity index (χ1v) is 7.53. The summed E-state index contributed by atoms with van der Waals surface area (Å²) in [4.78, 5) is 36.6. The second-order valence-electron chi connectivity index (χ2n) is 5.26. The highest BCUT2D eigenvalue weighted by molar-refractivity contribution is 5.84. The highest BCUT2D eigenvalue weighted by Crippen LogP contribution is 2.15. The molecule has 9 nitrogen and oxygen atoms in total. The van der Waals surface area contributed by atoms with E-state index in [0.717, 1.165) is 19.3 Å². The van der Waals surface area contributed by atoms with Crippen molar-refractivity contribution in [1.29, 1.82) is 0 Å². The standard InChI is InChI=1S/C14H20N6O3/c1-2-10(16-11-13(22)17-14(23)20-18-11)12(21)19-15-8-9-6-4-3-5-7-9/h3-4,8-10H,2,5-7H2,1H3,(H,16,18)(H,19,21)(H2,17,20,22,23)/b15-8+/t9-,10+/m1/s1. The Kier molecular flexibility index (Phi) is 5.84. The van der Waals surface area contributed by atoms with Gasteiger partial charge in [-0.3, -0.25) is 14.6 Å². The van der Waals surface area contributed by atoms with E-state index < -0.39 is 17.3 Å². The summed E-state index contributed by atoms with van der Waals surface area (Å²) >= 11 is 0. The molecular formula is C14H20N6O3. The van der Waals surface area contributed by atoms with Gasteiger partial charge < -0.3 is 5.32 Å². The number of nitrogens with one attached hydrogen (secondary N) is 4. The van der Waals surface area contributed by atoms with Crippen LogP contribution in [0.2, 0.25) is 0 Å². The molecule has 0 saturated carbocycles. The number of anilines is 1. The van der Waals surface area contributed by atoms with Crippen LogP contribution in [-0.2, 0) is 4.79 Å².